The molecule has 0 aliphatic carbocycles. The van der Waals surface area contributed by atoms with Gasteiger partial charge in [-0.15, -0.1) is 0 Å². The van der Waals surface area contributed by atoms with Gasteiger partial charge in [0.05, 0.1) is 6.42 Å². The van der Waals surface area contributed by atoms with Crippen molar-refractivity contribution in [3.63, 3.8) is 0 Å². The second-order valence-electron chi connectivity index (χ2n) is 6.17. The number of nitrogens with zero attached hydrogens (tertiary/aromatic N) is 1. The Kier molecular flexibility index (Phi) is 8.44. The summed E-state index contributed by atoms with van der Waals surface area (Å²) in [4.78, 5) is 27.1. The number of amides is 2. The fraction of sp³-hybridized carbons (Fsp3) is 0.300. The molecule has 0 aromatic heterocycles. The molecule has 150 valence electrons. The van der Waals surface area contributed by atoms with Gasteiger partial charge in [0.15, 0.2) is 0 Å². The third-order valence-electron chi connectivity index (χ3n) is 4.38. The van der Waals surface area contributed by atoms with Crippen molar-refractivity contribution in [2.75, 3.05) is 7.05 Å². The summed E-state index contributed by atoms with van der Waals surface area (Å²) in [6.07, 6.45) is 0.407. The molecule has 0 saturated heterocycles. The Labute approximate surface area is 184 Å². The first kappa shape index (κ1) is 22.8. The molecule has 0 heterocycles. The van der Waals surface area contributed by atoms with Crippen LogP contribution in [-0.2, 0) is 22.6 Å². The van der Waals surface area contributed by atoms with E-state index in [4.69, 9.17) is 46.4 Å². The van der Waals surface area contributed by atoms with Crippen LogP contribution in [0.5, 0.6) is 0 Å². The fourth-order valence-corrected chi connectivity index (χ4v) is 3.87. The summed E-state index contributed by atoms with van der Waals surface area (Å²) in [5.41, 5.74) is 1.21. The molecule has 8 heteroatoms. The zero-order valence-corrected chi connectivity index (χ0v) is 18.5. The Morgan fingerprint density at radius 1 is 1.04 bits per heavy atom. The number of nitrogens with one attached hydrogen (secondary N) is 1. The van der Waals surface area contributed by atoms with Crippen LogP contribution in [-0.4, -0.2) is 29.8 Å². The van der Waals surface area contributed by atoms with E-state index >= 15 is 0 Å². The highest BCUT2D eigenvalue weighted by Gasteiger charge is 2.29. The van der Waals surface area contributed by atoms with E-state index in [1.54, 1.807) is 36.4 Å². The third-order valence-corrected chi connectivity index (χ3v) is 5.67. The second-order valence-corrected chi connectivity index (χ2v) is 7.83. The van der Waals surface area contributed by atoms with E-state index in [9.17, 15) is 9.59 Å². The number of hydrogen-bond acceptors (Lipinski definition) is 2. The molecule has 1 atom stereocenters. The maximum Gasteiger partial charge on any atom is 0.242 e. The van der Waals surface area contributed by atoms with E-state index in [1.807, 2.05) is 6.92 Å². The lowest BCUT2D eigenvalue weighted by atomic mass is 10.1. The van der Waals surface area contributed by atoms with E-state index < -0.39 is 6.04 Å². The molecule has 2 aromatic rings. The van der Waals surface area contributed by atoms with Gasteiger partial charge in [0, 0.05) is 33.7 Å². The van der Waals surface area contributed by atoms with E-state index in [1.165, 1.54) is 11.9 Å². The third kappa shape index (κ3) is 5.54. The van der Waals surface area contributed by atoms with Gasteiger partial charge in [0.1, 0.15) is 6.04 Å². The minimum absolute atomic E-state index is 0.0305. The van der Waals surface area contributed by atoms with Crippen molar-refractivity contribution in [1.82, 2.24) is 10.2 Å². The highest BCUT2D eigenvalue weighted by atomic mass is 35.5. The Bertz CT molecular complexity index is 853. The molecule has 2 amide bonds. The maximum atomic E-state index is 13.2. The van der Waals surface area contributed by atoms with Crippen LogP contribution in [0.2, 0.25) is 20.1 Å². The van der Waals surface area contributed by atoms with Gasteiger partial charge >= 0.3 is 0 Å². The van der Waals surface area contributed by atoms with Crippen LogP contribution in [0.3, 0.4) is 0 Å². The molecule has 4 nitrogen and oxygen atoms in total. The van der Waals surface area contributed by atoms with Gasteiger partial charge in [0.2, 0.25) is 11.8 Å². The summed E-state index contributed by atoms with van der Waals surface area (Å²) in [6.45, 7) is 2.00. The van der Waals surface area contributed by atoms with Gasteiger partial charge < -0.3 is 10.2 Å². The van der Waals surface area contributed by atoms with Crippen molar-refractivity contribution in [3.8, 4) is 0 Å². The van der Waals surface area contributed by atoms with Crippen LogP contribution in [0.15, 0.2) is 36.4 Å². The first-order valence-corrected chi connectivity index (χ1v) is 10.2. The lowest BCUT2D eigenvalue weighted by molar-refractivity contribution is -0.140. The SMILES string of the molecule is CC[C@@H](C(=O)NC)N(Cc1ccc(Cl)cc1Cl)C(=O)Cc1c(Cl)cccc1Cl. The number of benzene rings is 2. The summed E-state index contributed by atoms with van der Waals surface area (Å²) < 4.78 is 0. The van der Waals surface area contributed by atoms with Crippen molar-refractivity contribution in [1.29, 1.82) is 0 Å². The number of carbonyl (C=O) groups is 2. The number of halogens is 4. The molecule has 1 N–H and O–H groups in total. The van der Waals surface area contributed by atoms with Gasteiger partial charge in [-0.2, -0.15) is 0 Å². The summed E-state index contributed by atoms with van der Waals surface area (Å²) in [5.74, 6) is -0.539. The Morgan fingerprint density at radius 2 is 1.68 bits per heavy atom. The standard InChI is InChI=1S/C20H20Cl4N2O2/c1-3-18(20(28)25-2)26(11-12-7-8-13(21)9-17(12)24)19(27)10-14-15(22)5-4-6-16(14)23/h4-9,18H,3,10-11H2,1-2H3,(H,25,28)/t18-/m0/s1. The lowest BCUT2D eigenvalue weighted by Gasteiger charge is -2.31. The van der Waals surface area contributed by atoms with Gasteiger partial charge in [-0.05, 0) is 41.8 Å². The molecule has 0 spiro atoms. The molecule has 28 heavy (non-hydrogen) atoms. The molecule has 0 bridgehead atoms. The van der Waals surface area contributed by atoms with Crippen molar-refractivity contribution >= 4 is 58.2 Å². The second kappa shape index (κ2) is 10.4. The number of rotatable bonds is 7. The van der Waals surface area contributed by atoms with Crippen LogP contribution in [0, 0.1) is 0 Å². The number of hydrogen-bond donors (Lipinski definition) is 1. The van der Waals surface area contributed by atoms with Crippen molar-refractivity contribution in [3.05, 3.63) is 67.6 Å². The van der Waals surface area contributed by atoms with E-state index in [0.717, 1.165) is 0 Å². The molecular formula is C20H20Cl4N2O2. The predicted octanol–water partition coefficient (Wildman–Crippen LogP) is 5.40. The smallest absolute Gasteiger partial charge is 0.242 e. The topological polar surface area (TPSA) is 49.4 Å². The molecular weight excluding hydrogens is 442 g/mol. The molecule has 2 aromatic carbocycles. The monoisotopic (exact) mass is 460 g/mol. The molecule has 0 aliphatic heterocycles. The average molecular weight is 462 g/mol. The minimum atomic E-state index is -0.662. The Hall–Kier alpha value is -1.46. The number of carbonyl (C=O) groups excluding carboxylic acids is 2. The van der Waals surface area contributed by atoms with E-state index in [2.05, 4.69) is 5.32 Å². The molecule has 2 rings (SSSR count). The van der Waals surface area contributed by atoms with Gasteiger partial charge in [0.25, 0.3) is 0 Å². The lowest BCUT2D eigenvalue weighted by Crippen LogP contribution is -2.48. The average Bonchev–Trinajstić information content (AvgIpc) is 2.65. The van der Waals surface area contributed by atoms with E-state index in [-0.39, 0.29) is 24.8 Å². The Balaban J connectivity index is 2.39. The zero-order chi connectivity index (χ0) is 20.8. The first-order chi connectivity index (χ1) is 13.3. The van der Waals surface area contributed by atoms with Gasteiger partial charge in [-0.25, -0.2) is 0 Å². The van der Waals surface area contributed by atoms with Crippen LogP contribution < -0.4 is 5.32 Å². The van der Waals surface area contributed by atoms with Gasteiger partial charge in [-0.1, -0.05) is 65.5 Å². The predicted molar refractivity (Wildman–Crippen MR) is 115 cm³/mol. The van der Waals surface area contributed by atoms with Crippen LogP contribution >= 0.6 is 46.4 Å². The van der Waals surface area contributed by atoms with Crippen LogP contribution in [0.25, 0.3) is 0 Å². The zero-order valence-electron chi connectivity index (χ0n) is 15.4. The summed E-state index contributed by atoms with van der Waals surface area (Å²) in [5, 5.41) is 4.33. The first-order valence-electron chi connectivity index (χ1n) is 8.66. The highest BCUT2D eigenvalue weighted by Crippen LogP contribution is 2.27. The molecule has 0 radical (unpaired) electrons. The summed E-state index contributed by atoms with van der Waals surface area (Å²) in [6, 6.07) is 9.43. The summed E-state index contributed by atoms with van der Waals surface area (Å²) in [7, 11) is 1.54. The quantitative estimate of drug-likeness (QED) is 0.600. The van der Waals surface area contributed by atoms with Crippen molar-refractivity contribution in [2.45, 2.75) is 32.4 Å². The summed E-state index contributed by atoms with van der Waals surface area (Å²) >= 11 is 24.7. The Morgan fingerprint density at radius 3 is 2.21 bits per heavy atom. The van der Waals surface area contributed by atoms with Crippen LogP contribution in [0.4, 0.5) is 0 Å². The highest BCUT2D eigenvalue weighted by molar-refractivity contribution is 6.36. The molecule has 0 fully saturated rings. The van der Waals surface area contributed by atoms with Crippen molar-refractivity contribution < 1.29 is 9.59 Å². The maximum absolute atomic E-state index is 13.2. The molecule has 0 aliphatic rings. The van der Waals surface area contributed by atoms with Gasteiger partial charge in [-0.3, -0.25) is 9.59 Å². The number of likely N-dealkylation sites (N-methyl/N-ethyl adjacent to an activating group) is 1. The normalized spacial score (nSPS) is 11.8. The van der Waals surface area contributed by atoms with Crippen molar-refractivity contribution in [2.24, 2.45) is 0 Å². The fourth-order valence-electron chi connectivity index (χ4n) is 2.87. The molecule has 0 saturated carbocycles. The largest absolute Gasteiger partial charge is 0.357 e. The van der Waals surface area contributed by atoms with Crippen LogP contribution in [0.1, 0.15) is 24.5 Å². The molecule has 0 unspecified atom stereocenters. The van der Waals surface area contributed by atoms with E-state index in [0.29, 0.717) is 37.6 Å². The minimum Gasteiger partial charge on any atom is -0.357 e.